The Balaban J connectivity index is 1.51. The van der Waals surface area contributed by atoms with Gasteiger partial charge < -0.3 is 20.2 Å². The van der Waals surface area contributed by atoms with Gasteiger partial charge in [0.2, 0.25) is 0 Å². The number of hydrogen-bond donors (Lipinski definition) is 4. The van der Waals surface area contributed by atoms with Gasteiger partial charge in [0.05, 0.1) is 32.6 Å². The summed E-state index contributed by atoms with van der Waals surface area (Å²) >= 11 is 0. The number of nitro benzene ring substituents is 2. The Morgan fingerprint density at radius 3 is 1.39 bits per heavy atom. The van der Waals surface area contributed by atoms with Crippen LogP contribution in [0.1, 0.15) is 22.8 Å². The van der Waals surface area contributed by atoms with Crippen LogP contribution in [0.2, 0.25) is 0 Å². The topological polar surface area (TPSA) is 184 Å². The smallest absolute Gasteiger partial charge is 0.310 e. The van der Waals surface area contributed by atoms with Gasteiger partial charge in [-0.05, 0) is 96.1 Å². The number of rotatable bonds is 4. The average molecular weight is 585 g/mol. The van der Waals surface area contributed by atoms with E-state index in [4.69, 9.17) is 9.97 Å². The molecule has 0 aliphatic carbocycles. The number of aromatic hydroxyl groups is 2. The summed E-state index contributed by atoms with van der Waals surface area (Å²) in [6.45, 7) is 0. The number of hydrogen-bond acceptors (Lipinski definition) is 8. The van der Waals surface area contributed by atoms with E-state index in [0.29, 0.717) is 56.1 Å². The van der Waals surface area contributed by atoms with Gasteiger partial charge in [-0.3, -0.25) is 20.2 Å². The zero-order valence-corrected chi connectivity index (χ0v) is 22.6. The highest BCUT2D eigenvalue weighted by molar-refractivity contribution is 5.93. The number of H-pyrrole nitrogens is 2. The molecule has 3 aromatic heterocycles. The molecule has 0 spiro atoms. The van der Waals surface area contributed by atoms with Crippen LogP contribution in [-0.4, -0.2) is 40.0 Å². The third-order valence-corrected chi connectivity index (χ3v) is 7.32. The van der Waals surface area contributed by atoms with Crippen LogP contribution in [0.25, 0.3) is 68.6 Å². The lowest BCUT2D eigenvalue weighted by Crippen LogP contribution is -1.90. The summed E-state index contributed by atoms with van der Waals surface area (Å²) < 4.78 is 0. The molecule has 2 aromatic carbocycles. The van der Waals surface area contributed by atoms with E-state index in [1.54, 1.807) is 12.1 Å². The molecule has 8 bridgehead atoms. The van der Waals surface area contributed by atoms with Crippen molar-refractivity contribution in [3.05, 3.63) is 116 Å². The molecule has 5 heterocycles. The fraction of sp³-hybridized carbons (Fsp3) is 0. The zero-order chi connectivity index (χ0) is 30.5. The maximum atomic E-state index is 11.3. The van der Waals surface area contributed by atoms with Gasteiger partial charge in [0, 0.05) is 45.3 Å². The number of nitro groups is 2. The first-order chi connectivity index (χ1) is 21.2. The van der Waals surface area contributed by atoms with Crippen molar-refractivity contribution in [1.82, 2.24) is 19.9 Å². The second kappa shape index (κ2) is 10.1. The fourth-order valence-electron chi connectivity index (χ4n) is 5.35. The molecule has 0 amide bonds. The summed E-state index contributed by atoms with van der Waals surface area (Å²) in [5.41, 5.74) is 6.76. The van der Waals surface area contributed by atoms with E-state index in [-0.39, 0.29) is 0 Å². The summed E-state index contributed by atoms with van der Waals surface area (Å²) in [6, 6.07) is 19.5. The third-order valence-electron chi connectivity index (χ3n) is 7.32. The normalized spacial score (nSPS) is 12.0. The van der Waals surface area contributed by atoms with E-state index >= 15 is 0 Å². The molecule has 0 atom stereocenters. The Bertz CT molecular complexity index is 2120. The first-order valence-corrected chi connectivity index (χ1v) is 13.3. The maximum Gasteiger partial charge on any atom is 0.310 e. The third kappa shape index (κ3) is 4.61. The minimum absolute atomic E-state index is 0.395. The average Bonchev–Trinajstić information content (AvgIpc) is 3.79. The Morgan fingerprint density at radius 1 is 0.568 bits per heavy atom. The number of benzene rings is 2. The number of nitrogens with one attached hydrogen (secondary N) is 2. The molecule has 214 valence electrons. The van der Waals surface area contributed by atoms with Gasteiger partial charge in [-0.15, -0.1) is 0 Å². The number of phenolic OH excluding ortho intramolecular Hbond substituents is 2. The molecule has 12 heteroatoms. The highest BCUT2D eigenvalue weighted by atomic mass is 16.6. The summed E-state index contributed by atoms with van der Waals surface area (Å²) in [4.78, 5) is 37.6. The number of phenols is 2. The molecule has 44 heavy (non-hydrogen) atoms. The second-order valence-electron chi connectivity index (χ2n) is 10.1. The summed E-state index contributed by atoms with van der Waals surface area (Å²) in [5, 5.41) is 43.4. The minimum atomic E-state index is -0.642. The SMILES string of the molecule is O=[N+]([O-])c1ccc(-c2c3nc(cc4ccc([nH]4)c(-c4ccc([N+](=O)[O-])c(O)c4)c4nc(cc5ccc2[nH]5)C=C4)C=C3)cc1O. The molecular weight excluding hydrogens is 564 g/mol. The van der Waals surface area contributed by atoms with Crippen LogP contribution in [0.3, 0.4) is 0 Å². The Hall–Kier alpha value is -6.56. The van der Waals surface area contributed by atoms with Crippen molar-refractivity contribution in [2.24, 2.45) is 0 Å². The molecular formula is C32H20N6O6. The van der Waals surface area contributed by atoms with E-state index in [0.717, 1.165) is 11.0 Å². The Labute approximate surface area is 247 Å². The molecule has 7 rings (SSSR count). The van der Waals surface area contributed by atoms with Crippen molar-refractivity contribution in [3.63, 3.8) is 0 Å². The lowest BCUT2D eigenvalue weighted by Gasteiger charge is -2.05. The van der Waals surface area contributed by atoms with Crippen molar-refractivity contribution in [3.8, 4) is 33.8 Å². The molecule has 2 aliphatic rings. The summed E-state index contributed by atoms with van der Waals surface area (Å²) in [7, 11) is 0. The molecule has 0 unspecified atom stereocenters. The van der Waals surface area contributed by atoms with E-state index in [1.807, 2.05) is 60.7 Å². The first-order valence-electron chi connectivity index (χ1n) is 13.3. The number of fused-ring (bicyclic) bond motifs is 8. The van der Waals surface area contributed by atoms with Gasteiger partial charge in [0.1, 0.15) is 0 Å². The lowest BCUT2D eigenvalue weighted by molar-refractivity contribution is -0.386. The molecule has 0 saturated carbocycles. The van der Waals surface area contributed by atoms with Crippen LogP contribution in [-0.2, 0) is 0 Å². The number of aromatic nitrogens is 4. The van der Waals surface area contributed by atoms with Gasteiger partial charge in [0.15, 0.2) is 11.5 Å². The van der Waals surface area contributed by atoms with Gasteiger partial charge >= 0.3 is 11.4 Å². The van der Waals surface area contributed by atoms with Crippen LogP contribution < -0.4 is 0 Å². The second-order valence-corrected chi connectivity index (χ2v) is 10.1. The monoisotopic (exact) mass is 584 g/mol. The van der Waals surface area contributed by atoms with Crippen molar-refractivity contribution >= 4 is 57.7 Å². The van der Waals surface area contributed by atoms with Crippen molar-refractivity contribution < 1.29 is 20.1 Å². The Morgan fingerprint density at radius 2 is 1.00 bits per heavy atom. The number of nitrogens with zero attached hydrogens (tertiary/aromatic N) is 4. The molecule has 5 aromatic rings. The van der Waals surface area contributed by atoms with E-state index in [9.17, 15) is 30.4 Å². The van der Waals surface area contributed by atoms with Crippen molar-refractivity contribution in [1.29, 1.82) is 0 Å². The molecule has 0 radical (unpaired) electrons. The maximum absolute atomic E-state index is 11.3. The van der Waals surface area contributed by atoms with Crippen LogP contribution in [0.4, 0.5) is 11.4 Å². The molecule has 0 fully saturated rings. The first kappa shape index (κ1) is 26.3. The minimum Gasteiger partial charge on any atom is -0.502 e. The lowest BCUT2D eigenvalue weighted by atomic mass is 10.0. The van der Waals surface area contributed by atoms with Crippen LogP contribution in [0, 0.1) is 20.2 Å². The van der Waals surface area contributed by atoms with E-state index in [1.165, 1.54) is 24.3 Å². The molecule has 4 N–H and O–H groups in total. The van der Waals surface area contributed by atoms with E-state index in [2.05, 4.69) is 9.97 Å². The van der Waals surface area contributed by atoms with Crippen LogP contribution in [0.5, 0.6) is 11.5 Å². The zero-order valence-electron chi connectivity index (χ0n) is 22.6. The van der Waals surface area contributed by atoms with Gasteiger partial charge in [0.25, 0.3) is 0 Å². The molecule has 0 saturated heterocycles. The Kier molecular flexibility index (Phi) is 6.03. The van der Waals surface area contributed by atoms with Gasteiger partial charge in [-0.25, -0.2) is 9.97 Å². The predicted octanol–water partition coefficient (Wildman–Crippen LogP) is 7.22. The van der Waals surface area contributed by atoms with Crippen LogP contribution in [0.15, 0.2) is 72.8 Å². The quantitative estimate of drug-likeness (QED) is 0.123. The fourth-order valence-corrected chi connectivity index (χ4v) is 5.35. The summed E-state index contributed by atoms with van der Waals surface area (Å²) in [6.07, 6.45) is 7.32. The highest BCUT2D eigenvalue weighted by Crippen LogP contribution is 2.37. The van der Waals surface area contributed by atoms with E-state index < -0.39 is 32.7 Å². The summed E-state index contributed by atoms with van der Waals surface area (Å²) in [5.74, 6) is -0.908. The highest BCUT2D eigenvalue weighted by Gasteiger charge is 2.19. The standard InChI is InChI=1S/C32H20N6O6/c39-29-13-17(1-11-27(29)37(41)42)31-23-7-3-19(33-23)15-21-5-9-25(35-21)32(18-2-12-28(38(43)44)30(40)14-18)26-10-6-22(36-26)16-20-4-8-24(31)34-20/h1-16,33,36,39-40H. The number of aromatic amines is 2. The van der Waals surface area contributed by atoms with Crippen molar-refractivity contribution in [2.45, 2.75) is 0 Å². The largest absolute Gasteiger partial charge is 0.502 e. The molecule has 2 aliphatic heterocycles. The molecule has 12 nitrogen and oxygen atoms in total. The van der Waals surface area contributed by atoms with Crippen molar-refractivity contribution in [2.75, 3.05) is 0 Å². The van der Waals surface area contributed by atoms with Gasteiger partial charge in [-0.1, -0.05) is 0 Å². The van der Waals surface area contributed by atoms with Gasteiger partial charge in [-0.2, -0.15) is 0 Å². The van der Waals surface area contributed by atoms with Crippen LogP contribution >= 0.6 is 0 Å². The predicted molar refractivity (Wildman–Crippen MR) is 166 cm³/mol.